The van der Waals surface area contributed by atoms with Gasteiger partial charge in [-0.05, 0) is 60.5 Å². The minimum atomic E-state index is -4.82. The van der Waals surface area contributed by atoms with Crippen LogP contribution in [0, 0.1) is 0 Å². The number of amides is 2. The van der Waals surface area contributed by atoms with E-state index < -0.39 is 51.9 Å². The molecule has 1 atom stereocenters. The van der Waals surface area contributed by atoms with E-state index >= 15 is 0 Å². The molecule has 242 valence electrons. The number of anilines is 1. The van der Waals surface area contributed by atoms with Crippen LogP contribution >= 0.6 is 27.5 Å². The molecule has 4 aromatic rings. The lowest BCUT2D eigenvalue weighted by Crippen LogP contribution is -2.53. The molecule has 0 aliphatic heterocycles. The normalized spacial score (nSPS) is 12.3. The highest BCUT2D eigenvalue weighted by Gasteiger charge is 2.37. The summed E-state index contributed by atoms with van der Waals surface area (Å²) in [6, 6.07) is 24.1. The Hall–Kier alpha value is -3.87. The van der Waals surface area contributed by atoms with Crippen LogP contribution in [-0.2, 0) is 38.8 Å². The van der Waals surface area contributed by atoms with Gasteiger partial charge in [0.1, 0.15) is 12.6 Å². The van der Waals surface area contributed by atoms with Gasteiger partial charge in [0.05, 0.1) is 21.2 Å². The van der Waals surface area contributed by atoms with Gasteiger partial charge < -0.3 is 10.2 Å². The van der Waals surface area contributed by atoms with Gasteiger partial charge in [0.2, 0.25) is 11.8 Å². The second-order valence-corrected chi connectivity index (χ2v) is 13.4. The first kappa shape index (κ1) is 35.0. The average molecular weight is 737 g/mol. The fourth-order valence-electron chi connectivity index (χ4n) is 4.75. The Labute approximate surface area is 279 Å². The Kier molecular flexibility index (Phi) is 11.5. The summed E-state index contributed by atoms with van der Waals surface area (Å²) in [6.45, 7) is 0.941. The predicted octanol–water partition coefficient (Wildman–Crippen LogP) is 7.09. The number of nitrogens with zero attached hydrogens (tertiary/aromatic N) is 2. The second kappa shape index (κ2) is 15.1. The van der Waals surface area contributed by atoms with Crippen LogP contribution in [0.1, 0.15) is 23.6 Å². The maximum absolute atomic E-state index is 14.4. The van der Waals surface area contributed by atoms with Crippen molar-refractivity contribution in [1.29, 1.82) is 0 Å². The minimum Gasteiger partial charge on any atom is -0.355 e. The Morgan fingerprint density at radius 3 is 2.09 bits per heavy atom. The Bertz CT molecular complexity index is 1760. The van der Waals surface area contributed by atoms with Crippen LogP contribution in [0.2, 0.25) is 5.02 Å². The molecule has 0 aliphatic rings. The van der Waals surface area contributed by atoms with Crippen molar-refractivity contribution in [1.82, 2.24) is 10.2 Å². The molecule has 13 heteroatoms. The monoisotopic (exact) mass is 735 g/mol. The molecule has 0 aromatic heterocycles. The topological polar surface area (TPSA) is 86.8 Å². The fraction of sp³-hybridized carbons (Fsp3) is 0.212. The van der Waals surface area contributed by atoms with E-state index in [2.05, 4.69) is 21.2 Å². The van der Waals surface area contributed by atoms with E-state index in [1.54, 1.807) is 67.6 Å². The van der Waals surface area contributed by atoms with Gasteiger partial charge >= 0.3 is 6.18 Å². The lowest BCUT2D eigenvalue weighted by atomic mass is 10.0. The molecule has 1 unspecified atom stereocenters. The van der Waals surface area contributed by atoms with Crippen molar-refractivity contribution in [2.45, 2.75) is 37.0 Å². The minimum absolute atomic E-state index is 0.0880. The smallest absolute Gasteiger partial charge is 0.355 e. The maximum atomic E-state index is 14.4. The molecule has 0 aliphatic carbocycles. The van der Waals surface area contributed by atoms with E-state index in [-0.39, 0.29) is 29.4 Å². The van der Waals surface area contributed by atoms with Gasteiger partial charge in [0.25, 0.3) is 10.0 Å². The summed E-state index contributed by atoms with van der Waals surface area (Å²) in [4.78, 5) is 28.9. The summed E-state index contributed by atoms with van der Waals surface area (Å²) in [7, 11) is -4.63. The van der Waals surface area contributed by atoms with Gasteiger partial charge in [-0.2, -0.15) is 13.2 Å². The first-order chi connectivity index (χ1) is 21.8. The number of rotatable bonds is 12. The summed E-state index contributed by atoms with van der Waals surface area (Å²) >= 11 is 9.71. The third-order valence-corrected chi connectivity index (χ3v) is 9.66. The van der Waals surface area contributed by atoms with E-state index in [0.717, 1.165) is 22.2 Å². The lowest BCUT2D eigenvalue weighted by Gasteiger charge is -2.34. The molecule has 0 bridgehead atoms. The summed E-state index contributed by atoms with van der Waals surface area (Å²) in [5, 5.41) is 2.44. The van der Waals surface area contributed by atoms with Crippen molar-refractivity contribution in [2.24, 2.45) is 0 Å². The van der Waals surface area contributed by atoms with E-state index in [4.69, 9.17) is 11.6 Å². The summed E-state index contributed by atoms with van der Waals surface area (Å²) in [5.41, 5.74) is -0.311. The number of carbonyl (C=O) groups excluding carboxylic acids is 2. The standard InChI is InChI=1S/C33H30BrClF3N3O4S/c1-2-39-32(43)30(19-23-9-5-3-6-10-23)40(21-24-13-16-26(34)17-14-24)31(42)22-41(46(44,45)27-11-7-4-8-12-27)29-20-25(33(36,37)38)15-18-28(29)35/h3-18,20,30H,2,19,21-22H2,1H3,(H,39,43). The predicted molar refractivity (Wildman–Crippen MR) is 175 cm³/mol. The Balaban J connectivity index is 1.86. The molecule has 1 N–H and O–H groups in total. The summed E-state index contributed by atoms with van der Waals surface area (Å²) in [5.74, 6) is -1.31. The first-order valence-corrected chi connectivity index (χ1v) is 16.7. The number of carbonyl (C=O) groups is 2. The van der Waals surface area contributed by atoms with Gasteiger partial charge in [-0.25, -0.2) is 8.42 Å². The Morgan fingerprint density at radius 2 is 1.50 bits per heavy atom. The van der Waals surface area contributed by atoms with E-state index in [1.165, 1.54) is 29.2 Å². The number of alkyl halides is 3. The van der Waals surface area contributed by atoms with E-state index in [0.29, 0.717) is 15.9 Å². The van der Waals surface area contributed by atoms with Crippen LogP contribution in [0.15, 0.2) is 112 Å². The quantitative estimate of drug-likeness (QED) is 0.168. The van der Waals surface area contributed by atoms with Crippen molar-refractivity contribution >= 4 is 55.1 Å². The van der Waals surface area contributed by atoms with Crippen molar-refractivity contribution in [3.8, 4) is 0 Å². The van der Waals surface area contributed by atoms with Crippen molar-refractivity contribution < 1.29 is 31.2 Å². The van der Waals surface area contributed by atoms with Gasteiger partial charge in [-0.1, -0.05) is 88.2 Å². The SMILES string of the molecule is CCNC(=O)C(Cc1ccccc1)N(Cc1ccc(Br)cc1)C(=O)CN(c1cc(C(F)(F)F)ccc1Cl)S(=O)(=O)c1ccccc1. The first-order valence-electron chi connectivity index (χ1n) is 14.1. The highest BCUT2D eigenvalue weighted by atomic mass is 79.9. The number of hydrogen-bond donors (Lipinski definition) is 1. The summed E-state index contributed by atoms with van der Waals surface area (Å²) < 4.78 is 70.7. The lowest BCUT2D eigenvalue weighted by molar-refractivity contribution is -0.140. The van der Waals surface area contributed by atoms with Crippen LogP contribution in [0.25, 0.3) is 0 Å². The van der Waals surface area contributed by atoms with Gasteiger partial charge in [-0.15, -0.1) is 0 Å². The fourth-order valence-corrected chi connectivity index (χ4v) is 6.73. The zero-order chi connectivity index (χ0) is 33.5. The molecule has 0 spiro atoms. The molecule has 0 fully saturated rings. The number of halogens is 5. The molecule has 0 saturated heterocycles. The second-order valence-electron chi connectivity index (χ2n) is 10.2. The summed E-state index contributed by atoms with van der Waals surface area (Å²) in [6.07, 6.45) is -4.73. The largest absolute Gasteiger partial charge is 0.416 e. The molecule has 0 radical (unpaired) electrons. The van der Waals surface area contributed by atoms with Crippen molar-refractivity contribution in [2.75, 3.05) is 17.4 Å². The van der Waals surface area contributed by atoms with E-state index in [9.17, 15) is 31.2 Å². The highest BCUT2D eigenvalue weighted by Crippen LogP contribution is 2.37. The van der Waals surface area contributed by atoms with Gasteiger partial charge in [0.15, 0.2) is 0 Å². The number of nitrogens with one attached hydrogen (secondary N) is 1. The van der Waals surface area contributed by atoms with E-state index in [1.807, 2.05) is 0 Å². The third-order valence-electron chi connectivity index (χ3n) is 7.04. The molecular formula is C33H30BrClF3N3O4S. The molecule has 2 amide bonds. The van der Waals surface area contributed by atoms with Crippen LogP contribution in [0.5, 0.6) is 0 Å². The van der Waals surface area contributed by atoms with Crippen LogP contribution < -0.4 is 9.62 Å². The zero-order valence-electron chi connectivity index (χ0n) is 24.5. The zero-order valence-corrected chi connectivity index (χ0v) is 27.7. The third kappa shape index (κ3) is 8.68. The number of benzene rings is 4. The molecular weight excluding hydrogens is 707 g/mol. The number of sulfonamides is 1. The van der Waals surface area contributed by atoms with Gasteiger partial charge in [-0.3, -0.25) is 13.9 Å². The van der Waals surface area contributed by atoms with Crippen molar-refractivity contribution in [3.05, 3.63) is 129 Å². The number of likely N-dealkylation sites (N-methyl/N-ethyl adjacent to an activating group) is 1. The molecule has 0 heterocycles. The molecule has 46 heavy (non-hydrogen) atoms. The highest BCUT2D eigenvalue weighted by molar-refractivity contribution is 9.10. The molecule has 4 aromatic carbocycles. The molecule has 0 saturated carbocycles. The van der Waals surface area contributed by atoms with Crippen molar-refractivity contribution in [3.63, 3.8) is 0 Å². The van der Waals surface area contributed by atoms with Crippen LogP contribution in [0.4, 0.5) is 18.9 Å². The van der Waals surface area contributed by atoms with Crippen LogP contribution in [0.3, 0.4) is 0 Å². The van der Waals surface area contributed by atoms with Gasteiger partial charge in [0, 0.05) is 24.0 Å². The molecule has 7 nitrogen and oxygen atoms in total. The average Bonchev–Trinajstić information content (AvgIpc) is 3.03. The molecule has 4 rings (SSSR count). The van der Waals surface area contributed by atoms with Crippen LogP contribution in [-0.4, -0.2) is 44.3 Å². The Morgan fingerprint density at radius 1 is 0.891 bits per heavy atom. The number of hydrogen-bond acceptors (Lipinski definition) is 4. The maximum Gasteiger partial charge on any atom is 0.416 e.